The first-order valence-corrected chi connectivity index (χ1v) is 7.91. The van der Waals surface area contributed by atoms with Gasteiger partial charge in [-0.2, -0.15) is 0 Å². The van der Waals surface area contributed by atoms with Crippen LogP contribution in [-0.4, -0.2) is 13.7 Å². The molecule has 1 aromatic rings. The van der Waals surface area contributed by atoms with Gasteiger partial charge in [0.15, 0.2) is 0 Å². The number of rotatable bonds is 4. The Labute approximate surface area is 124 Å². The van der Waals surface area contributed by atoms with Crippen LogP contribution in [0.25, 0.3) is 0 Å². The first kappa shape index (κ1) is 14.9. The minimum absolute atomic E-state index is 0.179. The van der Waals surface area contributed by atoms with E-state index < -0.39 is 0 Å². The third kappa shape index (κ3) is 2.68. The Balaban J connectivity index is 2.53. The summed E-state index contributed by atoms with van der Waals surface area (Å²) in [5, 5.41) is 0. The van der Waals surface area contributed by atoms with Crippen molar-refractivity contribution in [1.82, 2.24) is 0 Å². The van der Waals surface area contributed by atoms with Gasteiger partial charge in [-0.25, -0.2) is 0 Å². The SMILES string of the molecule is COc1c(Br)cc(C2(CN)CCCC2)cc1C(C)C. The molecule has 1 aliphatic carbocycles. The summed E-state index contributed by atoms with van der Waals surface area (Å²) in [5.74, 6) is 1.41. The fourth-order valence-electron chi connectivity index (χ4n) is 3.23. The quantitative estimate of drug-likeness (QED) is 0.893. The van der Waals surface area contributed by atoms with Crippen molar-refractivity contribution in [3.05, 3.63) is 27.7 Å². The van der Waals surface area contributed by atoms with Gasteiger partial charge in [-0.15, -0.1) is 0 Å². The molecule has 2 nitrogen and oxygen atoms in total. The van der Waals surface area contributed by atoms with Gasteiger partial charge in [0.25, 0.3) is 0 Å². The lowest BCUT2D eigenvalue weighted by Gasteiger charge is -2.30. The minimum Gasteiger partial charge on any atom is -0.495 e. The average molecular weight is 326 g/mol. The van der Waals surface area contributed by atoms with Crippen LogP contribution in [0.2, 0.25) is 0 Å². The van der Waals surface area contributed by atoms with E-state index in [0.29, 0.717) is 5.92 Å². The monoisotopic (exact) mass is 325 g/mol. The number of benzene rings is 1. The molecule has 1 fully saturated rings. The molecule has 0 atom stereocenters. The molecule has 19 heavy (non-hydrogen) atoms. The number of halogens is 1. The maximum Gasteiger partial charge on any atom is 0.136 e. The van der Waals surface area contributed by atoms with E-state index in [9.17, 15) is 0 Å². The van der Waals surface area contributed by atoms with E-state index >= 15 is 0 Å². The molecule has 106 valence electrons. The van der Waals surface area contributed by atoms with Crippen LogP contribution in [0.5, 0.6) is 5.75 Å². The molecule has 1 saturated carbocycles. The van der Waals surface area contributed by atoms with Gasteiger partial charge in [-0.05, 0) is 51.9 Å². The van der Waals surface area contributed by atoms with Crippen molar-refractivity contribution in [2.45, 2.75) is 50.9 Å². The standard InChI is InChI=1S/C16H24BrNO/c1-11(2)13-8-12(9-14(17)15(13)19-3)16(10-18)6-4-5-7-16/h8-9,11H,4-7,10,18H2,1-3H3. The fraction of sp³-hybridized carbons (Fsp3) is 0.625. The van der Waals surface area contributed by atoms with Crippen molar-refractivity contribution in [3.63, 3.8) is 0 Å². The number of nitrogens with two attached hydrogens (primary N) is 1. The Morgan fingerprint density at radius 1 is 1.32 bits per heavy atom. The average Bonchev–Trinajstić information content (AvgIpc) is 2.87. The van der Waals surface area contributed by atoms with Crippen LogP contribution in [0.4, 0.5) is 0 Å². The summed E-state index contributed by atoms with van der Waals surface area (Å²) < 4.78 is 6.60. The summed E-state index contributed by atoms with van der Waals surface area (Å²) in [7, 11) is 1.74. The molecule has 1 aromatic carbocycles. The Morgan fingerprint density at radius 3 is 2.42 bits per heavy atom. The molecule has 0 aromatic heterocycles. The van der Waals surface area contributed by atoms with Gasteiger partial charge in [-0.3, -0.25) is 0 Å². The van der Waals surface area contributed by atoms with E-state index in [-0.39, 0.29) is 5.41 Å². The number of ether oxygens (including phenoxy) is 1. The number of hydrogen-bond donors (Lipinski definition) is 1. The predicted molar refractivity (Wildman–Crippen MR) is 84.0 cm³/mol. The van der Waals surface area contributed by atoms with Gasteiger partial charge in [0.2, 0.25) is 0 Å². The van der Waals surface area contributed by atoms with Crippen LogP contribution in [0, 0.1) is 0 Å². The Bertz CT molecular complexity index is 450. The van der Waals surface area contributed by atoms with Gasteiger partial charge in [-0.1, -0.05) is 32.8 Å². The molecular formula is C16H24BrNO. The van der Waals surface area contributed by atoms with Gasteiger partial charge in [0, 0.05) is 12.0 Å². The number of hydrogen-bond acceptors (Lipinski definition) is 2. The highest BCUT2D eigenvalue weighted by atomic mass is 79.9. The third-order valence-corrected chi connectivity index (χ3v) is 5.05. The molecule has 0 amide bonds. The zero-order chi connectivity index (χ0) is 14.0. The smallest absolute Gasteiger partial charge is 0.136 e. The van der Waals surface area contributed by atoms with E-state index in [1.54, 1.807) is 7.11 Å². The lowest BCUT2D eigenvalue weighted by Crippen LogP contribution is -2.32. The van der Waals surface area contributed by atoms with Gasteiger partial charge < -0.3 is 10.5 Å². The van der Waals surface area contributed by atoms with Crippen molar-refractivity contribution in [2.75, 3.05) is 13.7 Å². The molecule has 1 aliphatic rings. The second kappa shape index (κ2) is 5.84. The zero-order valence-electron chi connectivity index (χ0n) is 12.1. The lowest BCUT2D eigenvalue weighted by atomic mass is 9.77. The van der Waals surface area contributed by atoms with Crippen LogP contribution >= 0.6 is 15.9 Å². The van der Waals surface area contributed by atoms with Crippen molar-refractivity contribution in [1.29, 1.82) is 0 Å². The van der Waals surface area contributed by atoms with E-state index in [4.69, 9.17) is 10.5 Å². The Kier molecular flexibility index (Phi) is 4.57. The molecule has 0 aliphatic heterocycles. The molecular weight excluding hydrogens is 302 g/mol. The largest absolute Gasteiger partial charge is 0.495 e. The van der Waals surface area contributed by atoms with E-state index in [0.717, 1.165) is 16.8 Å². The van der Waals surface area contributed by atoms with Crippen LogP contribution in [0.1, 0.15) is 56.6 Å². The third-order valence-electron chi connectivity index (χ3n) is 4.46. The summed E-state index contributed by atoms with van der Waals surface area (Å²) >= 11 is 3.66. The first-order chi connectivity index (χ1) is 9.04. The molecule has 0 saturated heterocycles. The Hall–Kier alpha value is -0.540. The second-order valence-electron chi connectivity index (χ2n) is 5.93. The van der Waals surface area contributed by atoms with Crippen molar-refractivity contribution >= 4 is 15.9 Å². The van der Waals surface area contributed by atoms with E-state index in [1.807, 2.05) is 0 Å². The molecule has 0 unspecified atom stereocenters. The van der Waals surface area contributed by atoms with Crippen molar-refractivity contribution in [2.24, 2.45) is 5.73 Å². The summed E-state index contributed by atoms with van der Waals surface area (Å²) in [6.45, 7) is 5.15. The first-order valence-electron chi connectivity index (χ1n) is 7.12. The molecule has 0 bridgehead atoms. The van der Waals surface area contributed by atoms with E-state index in [2.05, 4.69) is 41.9 Å². The fourth-order valence-corrected chi connectivity index (χ4v) is 3.86. The van der Waals surface area contributed by atoms with Crippen molar-refractivity contribution in [3.8, 4) is 5.75 Å². The topological polar surface area (TPSA) is 35.2 Å². The second-order valence-corrected chi connectivity index (χ2v) is 6.78. The summed E-state index contributed by atoms with van der Waals surface area (Å²) in [4.78, 5) is 0. The highest BCUT2D eigenvalue weighted by Gasteiger charge is 2.35. The molecule has 3 heteroatoms. The van der Waals surface area contributed by atoms with Gasteiger partial charge in [0.05, 0.1) is 11.6 Å². The highest BCUT2D eigenvalue weighted by Crippen LogP contribution is 2.44. The molecule has 0 heterocycles. The maximum atomic E-state index is 6.10. The zero-order valence-corrected chi connectivity index (χ0v) is 13.7. The van der Waals surface area contributed by atoms with Gasteiger partial charge in [0.1, 0.15) is 5.75 Å². The van der Waals surface area contributed by atoms with Gasteiger partial charge >= 0.3 is 0 Å². The van der Waals surface area contributed by atoms with E-state index in [1.165, 1.54) is 36.8 Å². The van der Waals surface area contributed by atoms with Crippen LogP contribution in [0.3, 0.4) is 0 Å². The molecule has 0 spiro atoms. The Morgan fingerprint density at radius 2 is 1.95 bits per heavy atom. The normalized spacial score (nSPS) is 18.0. The van der Waals surface area contributed by atoms with Crippen LogP contribution in [-0.2, 0) is 5.41 Å². The molecule has 2 rings (SSSR count). The molecule has 2 N–H and O–H groups in total. The number of methoxy groups -OCH3 is 1. The summed E-state index contributed by atoms with van der Waals surface area (Å²) in [5.41, 5.74) is 8.93. The maximum absolute atomic E-state index is 6.10. The molecule has 0 radical (unpaired) electrons. The summed E-state index contributed by atoms with van der Waals surface area (Å²) in [6.07, 6.45) is 5.00. The van der Waals surface area contributed by atoms with Crippen molar-refractivity contribution < 1.29 is 4.74 Å². The summed E-state index contributed by atoms with van der Waals surface area (Å²) in [6, 6.07) is 4.52. The van der Waals surface area contributed by atoms with Crippen LogP contribution in [0.15, 0.2) is 16.6 Å². The van der Waals surface area contributed by atoms with Crippen LogP contribution < -0.4 is 10.5 Å². The lowest BCUT2D eigenvalue weighted by molar-refractivity contribution is 0.402. The predicted octanol–water partition coefficient (Wildman–Crippen LogP) is 4.35. The highest BCUT2D eigenvalue weighted by molar-refractivity contribution is 9.10. The minimum atomic E-state index is 0.179.